The van der Waals surface area contributed by atoms with E-state index in [0.29, 0.717) is 5.56 Å². The molecule has 6 heteroatoms. The Morgan fingerprint density at radius 1 is 1.10 bits per heavy atom. The van der Waals surface area contributed by atoms with Crippen molar-refractivity contribution < 1.29 is 14.7 Å². The summed E-state index contributed by atoms with van der Waals surface area (Å²) in [6, 6.07) is 17.6. The number of hydrogen-bond acceptors (Lipinski definition) is 4. The van der Waals surface area contributed by atoms with Gasteiger partial charge in [0.15, 0.2) is 0 Å². The minimum Gasteiger partial charge on any atom is -0.507 e. The van der Waals surface area contributed by atoms with Crippen LogP contribution in [0.15, 0.2) is 83.1 Å². The summed E-state index contributed by atoms with van der Waals surface area (Å²) in [5.41, 5.74) is 3.16. The lowest BCUT2D eigenvalue weighted by Gasteiger charge is -2.25. The summed E-state index contributed by atoms with van der Waals surface area (Å²) in [7, 11) is 0. The first-order valence-electron chi connectivity index (χ1n) is 9.45. The molecule has 1 amide bonds. The number of pyridine rings is 1. The van der Waals surface area contributed by atoms with Crippen molar-refractivity contribution in [3.63, 3.8) is 0 Å². The van der Waals surface area contributed by atoms with Crippen LogP contribution in [0.2, 0.25) is 0 Å². The maximum atomic E-state index is 13.0. The largest absolute Gasteiger partial charge is 0.507 e. The number of carbonyl (C=O) groups is 2. The summed E-state index contributed by atoms with van der Waals surface area (Å²) >= 11 is 3.46. The summed E-state index contributed by atoms with van der Waals surface area (Å²) in [6.45, 7) is 2.15. The fraction of sp³-hybridized carbons (Fsp3) is 0.125. The van der Waals surface area contributed by atoms with Gasteiger partial charge in [0.05, 0.1) is 11.6 Å². The summed E-state index contributed by atoms with van der Waals surface area (Å²) in [4.78, 5) is 31.6. The number of carbonyl (C=O) groups excluding carboxylic acids is 2. The molecule has 0 saturated carbocycles. The van der Waals surface area contributed by atoms with Crippen molar-refractivity contribution in [3.05, 3.63) is 105 Å². The lowest BCUT2D eigenvalue weighted by molar-refractivity contribution is -0.140. The molecule has 0 radical (unpaired) electrons. The number of benzene rings is 2. The second-order valence-electron chi connectivity index (χ2n) is 7.21. The van der Waals surface area contributed by atoms with Crippen LogP contribution in [0, 0.1) is 6.92 Å². The van der Waals surface area contributed by atoms with E-state index < -0.39 is 17.7 Å². The molecule has 1 unspecified atom stereocenters. The van der Waals surface area contributed by atoms with Gasteiger partial charge < -0.3 is 10.0 Å². The highest BCUT2D eigenvalue weighted by Crippen LogP contribution is 2.40. The van der Waals surface area contributed by atoms with Crippen molar-refractivity contribution in [3.8, 4) is 0 Å². The summed E-state index contributed by atoms with van der Waals surface area (Å²) < 4.78 is 0.822. The number of hydrogen-bond donors (Lipinski definition) is 1. The number of halogens is 1. The Morgan fingerprint density at radius 2 is 1.87 bits per heavy atom. The molecule has 4 rings (SSSR count). The van der Waals surface area contributed by atoms with Gasteiger partial charge in [-0.05, 0) is 36.2 Å². The highest BCUT2D eigenvalue weighted by molar-refractivity contribution is 9.10. The first-order valence-corrected chi connectivity index (χ1v) is 10.2. The molecule has 1 saturated heterocycles. The van der Waals surface area contributed by atoms with Crippen LogP contribution in [-0.4, -0.2) is 26.7 Å². The number of ketones is 1. The van der Waals surface area contributed by atoms with Crippen LogP contribution in [0.4, 0.5) is 0 Å². The molecule has 1 atom stereocenters. The zero-order chi connectivity index (χ0) is 21.3. The number of nitrogens with zero attached hydrogens (tertiary/aromatic N) is 2. The van der Waals surface area contributed by atoms with Crippen molar-refractivity contribution in [2.75, 3.05) is 0 Å². The molecular weight excluding hydrogens is 444 g/mol. The topological polar surface area (TPSA) is 70.5 Å². The van der Waals surface area contributed by atoms with Crippen LogP contribution in [-0.2, 0) is 16.1 Å². The number of aliphatic hydroxyl groups excluding tert-OH is 1. The molecule has 30 heavy (non-hydrogen) atoms. The second-order valence-corrected chi connectivity index (χ2v) is 8.12. The van der Waals surface area contributed by atoms with E-state index in [2.05, 4.69) is 20.9 Å². The number of amides is 1. The molecule has 150 valence electrons. The minimum atomic E-state index is -0.705. The van der Waals surface area contributed by atoms with Crippen LogP contribution in [0.1, 0.15) is 28.3 Å². The van der Waals surface area contributed by atoms with Crippen molar-refractivity contribution in [2.24, 2.45) is 0 Å². The Morgan fingerprint density at radius 3 is 2.53 bits per heavy atom. The van der Waals surface area contributed by atoms with Gasteiger partial charge in [-0.2, -0.15) is 0 Å². The third-order valence-corrected chi connectivity index (χ3v) is 5.60. The number of aryl methyl sites for hydroxylation is 1. The van der Waals surface area contributed by atoms with Crippen molar-refractivity contribution in [2.45, 2.75) is 19.5 Å². The highest BCUT2D eigenvalue weighted by Gasteiger charge is 2.46. The average molecular weight is 463 g/mol. The monoisotopic (exact) mass is 462 g/mol. The molecule has 5 nitrogen and oxygen atoms in total. The molecule has 0 aliphatic carbocycles. The van der Waals surface area contributed by atoms with Gasteiger partial charge in [-0.1, -0.05) is 64.0 Å². The fourth-order valence-corrected chi connectivity index (χ4v) is 4.04. The predicted molar refractivity (Wildman–Crippen MR) is 117 cm³/mol. The Kier molecular flexibility index (Phi) is 5.50. The van der Waals surface area contributed by atoms with Crippen molar-refractivity contribution in [1.82, 2.24) is 9.88 Å². The Labute approximate surface area is 182 Å². The van der Waals surface area contributed by atoms with Crippen molar-refractivity contribution >= 4 is 33.4 Å². The van der Waals surface area contributed by atoms with E-state index in [4.69, 9.17) is 0 Å². The molecule has 2 aromatic carbocycles. The molecule has 0 bridgehead atoms. The normalized spacial score (nSPS) is 18.1. The van der Waals surface area contributed by atoms with E-state index in [1.54, 1.807) is 30.6 Å². The van der Waals surface area contributed by atoms with Crippen LogP contribution in [0.25, 0.3) is 5.76 Å². The van der Waals surface area contributed by atoms with Gasteiger partial charge in [-0.25, -0.2) is 0 Å². The fourth-order valence-electron chi connectivity index (χ4n) is 3.62. The van der Waals surface area contributed by atoms with Crippen LogP contribution >= 0.6 is 15.9 Å². The van der Waals surface area contributed by atoms with Crippen LogP contribution in [0.3, 0.4) is 0 Å². The summed E-state index contributed by atoms with van der Waals surface area (Å²) in [5, 5.41) is 11.0. The van der Waals surface area contributed by atoms with Gasteiger partial charge in [-0.3, -0.25) is 14.6 Å². The second kappa shape index (κ2) is 8.24. The predicted octanol–water partition coefficient (Wildman–Crippen LogP) is 4.77. The van der Waals surface area contributed by atoms with Gasteiger partial charge in [0.1, 0.15) is 5.76 Å². The van der Waals surface area contributed by atoms with Crippen molar-refractivity contribution in [1.29, 1.82) is 0 Å². The lowest BCUT2D eigenvalue weighted by Crippen LogP contribution is -2.29. The zero-order valence-electron chi connectivity index (χ0n) is 16.2. The van der Waals surface area contributed by atoms with E-state index in [1.807, 2.05) is 49.4 Å². The molecule has 1 fully saturated rings. The standard InChI is InChI=1S/C24H19BrN2O3/c1-15-7-9-17(10-8-15)22(28)20-21(18-5-2-6-19(25)12-18)27(24(30)23(20)29)14-16-4-3-11-26-13-16/h2-13,21,28H,14H2,1H3/b22-20-. The Hall–Kier alpha value is -3.25. The number of likely N-dealkylation sites (tertiary alicyclic amines) is 1. The van der Waals surface area contributed by atoms with Gasteiger partial charge >= 0.3 is 0 Å². The first-order chi connectivity index (χ1) is 14.5. The SMILES string of the molecule is Cc1ccc(/C(O)=C2/C(=O)C(=O)N(Cc3cccnc3)C2c2cccc(Br)c2)cc1. The van der Waals surface area contributed by atoms with E-state index in [1.165, 1.54) is 4.90 Å². The van der Waals surface area contributed by atoms with E-state index in [0.717, 1.165) is 21.2 Å². The molecule has 3 aromatic rings. The van der Waals surface area contributed by atoms with Gasteiger partial charge in [0, 0.05) is 29.0 Å². The van der Waals surface area contributed by atoms with E-state index in [9.17, 15) is 14.7 Å². The number of rotatable bonds is 4. The Bertz CT molecular complexity index is 1140. The van der Waals surface area contributed by atoms with E-state index >= 15 is 0 Å². The maximum Gasteiger partial charge on any atom is 0.295 e. The zero-order valence-corrected chi connectivity index (χ0v) is 17.8. The lowest BCUT2D eigenvalue weighted by atomic mass is 9.95. The van der Waals surface area contributed by atoms with Gasteiger partial charge in [0.2, 0.25) is 0 Å². The van der Waals surface area contributed by atoms with Gasteiger partial charge in [0.25, 0.3) is 11.7 Å². The van der Waals surface area contributed by atoms with Crippen LogP contribution in [0.5, 0.6) is 0 Å². The molecule has 2 heterocycles. The molecule has 0 spiro atoms. The minimum absolute atomic E-state index is 0.0887. The third kappa shape index (κ3) is 3.78. The summed E-state index contributed by atoms with van der Waals surface area (Å²) in [6.07, 6.45) is 3.32. The Balaban J connectivity index is 1.87. The molecular formula is C24H19BrN2O3. The number of aliphatic hydroxyl groups is 1. The van der Waals surface area contributed by atoms with Crippen LogP contribution < -0.4 is 0 Å². The average Bonchev–Trinajstić information content (AvgIpc) is 2.99. The van der Waals surface area contributed by atoms with Gasteiger partial charge in [-0.15, -0.1) is 0 Å². The molecule has 1 aliphatic rings. The summed E-state index contributed by atoms with van der Waals surface area (Å²) in [5.74, 6) is -1.51. The quantitative estimate of drug-likeness (QED) is 0.344. The molecule has 1 aliphatic heterocycles. The highest BCUT2D eigenvalue weighted by atomic mass is 79.9. The number of Topliss-reactive ketones (excluding diaryl/α,β-unsaturated/α-hetero) is 1. The third-order valence-electron chi connectivity index (χ3n) is 5.11. The van der Waals surface area contributed by atoms with E-state index in [-0.39, 0.29) is 17.9 Å². The maximum absolute atomic E-state index is 13.0. The smallest absolute Gasteiger partial charge is 0.295 e. The first kappa shape index (κ1) is 20.0. The number of aromatic nitrogens is 1. The molecule has 1 aromatic heterocycles. The molecule has 1 N–H and O–H groups in total.